The molecule has 0 bridgehead atoms. The smallest absolute Gasteiger partial charge is 0.237 e. The number of hydrogen-bond acceptors (Lipinski definition) is 5. The molecule has 0 radical (unpaired) electrons. The quantitative estimate of drug-likeness (QED) is 0.354. The van der Waals surface area contributed by atoms with Gasteiger partial charge in [-0.25, -0.2) is 0 Å². The first-order valence-electron chi connectivity index (χ1n) is 11.9. The van der Waals surface area contributed by atoms with Crippen LogP contribution in [0.5, 0.6) is 5.75 Å². The molecule has 34 heavy (non-hydrogen) atoms. The first kappa shape index (κ1) is 25.8. The fourth-order valence-corrected chi connectivity index (χ4v) is 4.72. The molecule has 2 aromatic carbocycles. The van der Waals surface area contributed by atoms with Crippen LogP contribution in [0.4, 0.5) is 5.69 Å². The number of thioether (sulfide) groups is 1. The lowest BCUT2D eigenvalue weighted by Crippen LogP contribution is -2.24. The molecule has 0 fully saturated rings. The van der Waals surface area contributed by atoms with Gasteiger partial charge in [0, 0.05) is 12.2 Å². The molecule has 182 valence electrons. The molecule has 0 aliphatic rings. The second-order valence-electron chi connectivity index (χ2n) is 9.21. The number of rotatable bonds is 10. The molecule has 1 heterocycles. The molecule has 3 aromatic rings. The van der Waals surface area contributed by atoms with Gasteiger partial charge in [-0.05, 0) is 68.9 Å². The molecule has 0 saturated heterocycles. The van der Waals surface area contributed by atoms with Crippen molar-refractivity contribution in [2.24, 2.45) is 5.92 Å². The van der Waals surface area contributed by atoms with Crippen LogP contribution in [0.1, 0.15) is 55.8 Å². The fourth-order valence-electron chi connectivity index (χ4n) is 3.84. The van der Waals surface area contributed by atoms with Gasteiger partial charge in [0.1, 0.15) is 12.4 Å². The molecular formula is C27H36N4O2S. The van der Waals surface area contributed by atoms with E-state index in [2.05, 4.69) is 72.0 Å². The second kappa shape index (κ2) is 11.6. The lowest BCUT2D eigenvalue weighted by Gasteiger charge is -2.17. The molecule has 1 unspecified atom stereocenters. The number of hydrogen-bond donors (Lipinski definition) is 1. The highest BCUT2D eigenvalue weighted by molar-refractivity contribution is 8.00. The molecule has 1 N–H and O–H groups in total. The maximum Gasteiger partial charge on any atom is 0.237 e. The van der Waals surface area contributed by atoms with Gasteiger partial charge in [-0.3, -0.25) is 4.79 Å². The summed E-state index contributed by atoms with van der Waals surface area (Å²) in [6, 6.07) is 12.3. The largest absolute Gasteiger partial charge is 0.486 e. The summed E-state index contributed by atoms with van der Waals surface area (Å²) in [5.74, 6) is 1.92. The molecule has 1 atom stereocenters. The van der Waals surface area contributed by atoms with Crippen LogP contribution in [-0.4, -0.2) is 25.9 Å². The lowest BCUT2D eigenvalue weighted by atomic mass is 10.1. The third-order valence-corrected chi connectivity index (χ3v) is 6.70. The van der Waals surface area contributed by atoms with Crippen LogP contribution >= 0.6 is 11.8 Å². The number of ether oxygens (including phenoxy) is 1. The first-order valence-corrected chi connectivity index (χ1v) is 12.7. The van der Waals surface area contributed by atoms with E-state index in [0.29, 0.717) is 12.5 Å². The van der Waals surface area contributed by atoms with E-state index in [4.69, 9.17) is 4.74 Å². The Balaban J connectivity index is 1.71. The van der Waals surface area contributed by atoms with E-state index in [-0.39, 0.29) is 11.2 Å². The Morgan fingerprint density at radius 3 is 2.29 bits per heavy atom. The van der Waals surface area contributed by atoms with Crippen molar-refractivity contribution in [2.45, 2.75) is 78.4 Å². The van der Waals surface area contributed by atoms with Gasteiger partial charge in [0.25, 0.3) is 0 Å². The van der Waals surface area contributed by atoms with E-state index in [1.807, 2.05) is 32.9 Å². The Bertz CT molecular complexity index is 1100. The van der Waals surface area contributed by atoms with Gasteiger partial charge in [-0.1, -0.05) is 62.4 Å². The van der Waals surface area contributed by atoms with E-state index < -0.39 is 0 Å². The van der Waals surface area contributed by atoms with Crippen LogP contribution in [0, 0.1) is 26.7 Å². The Hall–Kier alpha value is -2.80. The van der Waals surface area contributed by atoms with Crippen molar-refractivity contribution in [1.82, 2.24) is 14.8 Å². The second-order valence-corrected chi connectivity index (χ2v) is 10.5. The van der Waals surface area contributed by atoms with Crippen molar-refractivity contribution >= 4 is 23.4 Å². The summed E-state index contributed by atoms with van der Waals surface area (Å²) < 4.78 is 8.05. The number of carbonyl (C=O) groups is 1. The summed E-state index contributed by atoms with van der Waals surface area (Å²) in [6.07, 6.45) is 0.998. The third kappa shape index (κ3) is 6.63. The van der Waals surface area contributed by atoms with Gasteiger partial charge < -0.3 is 14.6 Å². The molecule has 1 aromatic heterocycles. The number of nitrogens with zero attached hydrogens (tertiary/aromatic N) is 3. The minimum atomic E-state index is -0.328. The van der Waals surface area contributed by atoms with Crippen LogP contribution < -0.4 is 10.1 Å². The number of aromatic nitrogens is 3. The number of aryl methyl sites for hydroxylation is 4. The number of anilines is 1. The van der Waals surface area contributed by atoms with Crippen LogP contribution in [0.25, 0.3) is 0 Å². The number of nitrogens with one attached hydrogen (secondary N) is 1. The molecule has 0 aliphatic carbocycles. The minimum Gasteiger partial charge on any atom is -0.486 e. The molecule has 6 nitrogen and oxygen atoms in total. The monoisotopic (exact) mass is 480 g/mol. The van der Waals surface area contributed by atoms with Crippen molar-refractivity contribution in [3.8, 4) is 5.75 Å². The van der Waals surface area contributed by atoms with Gasteiger partial charge in [-0.2, -0.15) is 0 Å². The Morgan fingerprint density at radius 1 is 1.06 bits per heavy atom. The highest BCUT2D eigenvalue weighted by Gasteiger charge is 2.22. The fraction of sp³-hybridized carbons (Fsp3) is 0.444. The summed E-state index contributed by atoms with van der Waals surface area (Å²) in [5, 5.41) is 12.3. The molecule has 0 spiro atoms. The van der Waals surface area contributed by atoms with Gasteiger partial charge in [-0.15, -0.1) is 10.2 Å². The predicted octanol–water partition coefficient (Wildman–Crippen LogP) is 6.12. The average Bonchev–Trinajstić information content (AvgIpc) is 3.15. The molecule has 0 saturated carbocycles. The van der Waals surface area contributed by atoms with Gasteiger partial charge in [0.05, 0.1) is 5.25 Å². The summed E-state index contributed by atoms with van der Waals surface area (Å²) in [4.78, 5) is 13.0. The van der Waals surface area contributed by atoms with E-state index in [9.17, 15) is 4.79 Å². The van der Waals surface area contributed by atoms with Gasteiger partial charge in [0.2, 0.25) is 5.91 Å². The minimum absolute atomic E-state index is 0.0482. The third-order valence-electron chi connectivity index (χ3n) is 5.62. The maximum atomic E-state index is 13.0. The van der Waals surface area contributed by atoms with Crippen molar-refractivity contribution in [1.29, 1.82) is 0 Å². The molecule has 0 aliphatic heterocycles. The summed E-state index contributed by atoms with van der Waals surface area (Å²) in [7, 11) is 0. The highest BCUT2D eigenvalue weighted by atomic mass is 32.2. The van der Waals surface area contributed by atoms with E-state index in [1.165, 1.54) is 22.9 Å². The average molecular weight is 481 g/mol. The van der Waals surface area contributed by atoms with Crippen LogP contribution in [0.2, 0.25) is 0 Å². The standard InChI is InChI=1S/C27H36N4O2S/c1-8-22-9-11-23(12-10-22)33-16-24-29-30-27(31(24)15-17(2)3)34-21(7)26(32)28-25-19(5)13-18(4)14-20(25)6/h9-14,17,21H,8,15-16H2,1-7H3,(H,28,32). The number of amides is 1. The molecule has 1 amide bonds. The van der Waals surface area contributed by atoms with Crippen molar-refractivity contribution < 1.29 is 9.53 Å². The summed E-state index contributed by atoms with van der Waals surface area (Å²) in [6.45, 7) is 15.5. The van der Waals surface area contributed by atoms with Gasteiger partial charge >= 0.3 is 0 Å². The predicted molar refractivity (Wildman–Crippen MR) is 140 cm³/mol. The van der Waals surface area contributed by atoms with Gasteiger partial charge in [0.15, 0.2) is 11.0 Å². The molecular weight excluding hydrogens is 444 g/mol. The van der Waals surface area contributed by atoms with E-state index in [1.54, 1.807) is 0 Å². The van der Waals surface area contributed by atoms with E-state index >= 15 is 0 Å². The van der Waals surface area contributed by atoms with E-state index in [0.717, 1.165) is 46.5 Å². The lowest BCUT2D eigenvalue weighted by molar-refractivity contribution is -0.115. The summed E-state index contributed by atoms with van der Waals surface area (Å²) in [5.41, 5.74) is 5.48. The number of carbonyl (C=O) groups excluding carboxylic acids is 1. The topological polar surface area (TPSA) is 69.0 Å². The number of benzene rings is 2. The first-order chi connectivity index (χ1) is 16.2. The summed E-state index contributed by atoms with van der Waals surface area (Å²) >= 11 is 1.42. The van der Waals surface area contributed by atoms with Crippen molar-refractivity contribution in [3.63, 3.8) is 0 Å². The van der Waals surface area contributed by atoms with Crippen molar-refractivity contribution in [3.05, 3.63) is 64.5 Å². The Kier molecular flexibility index (Phi) is 8.78. The van der Waals surface area contributed by atoms with Crippen LogP contribution in [-0.2, 0) is 24.4 Å². The Labute approximate surface area is 207 Å². The zero-order valence-electron chi connectivity index (χ0n) is 21.3. The van der Waals surface area contributed by atoms with Crippen LogP contribution in [0.3, 0.4) is 0 Å². The maximum absolute atomic E-state index is 13.0. The highest BCUT2D eigenvalue weighted by Crippen LogP contribution is 2.27. The van der Waals surface area contributed by atoms with Crippen LogP contribution in [0.15, 0.2) is 41.6 Å². The Morgan fingerprint density at radius 2 is 1.71 bits per heavy atom. The zero-order valence-corrected chi connectivity index (χ0v) is 22.1. The SMILES string of the molecule is CCc1ccc(OCc2nnc(SC(C)C(=O)Nc3c(C)cc(C)cc3C)n2CC(C)C)cc1. The van der Waals surface area contributed by atoms with Crippen molar-refractivity contribution in [2.75, 3.05) is 5.32 Å². The molecule has 3 rings (SSSR count). The normalized spacial score (nSPS) is 12.1. The zero-order chi connectivity index (χ0) is 24.8. The molecule has 7 heteroatoms.